The molecule has 0 unspecified atom stereocenters. The highest BCUT2D eigenvalue weighted by Crippen LogP contribution is 2.23. The molecule has 1 aliphatic rings. The topological polar surface area (TPSA) is 83.7 Å². The van der Waals surface area contributed by atoms with Gasteiger partial charge in [0.05, 0.1) is 13.5 Å². The number of anilines is 1. The number of aromatic nitrogens is 2. The van der Waals surface area contributed by atoms with Gasteiger partial charge in [0.2, 0.25) is 5.89 Å². The summed E-state index contributed by atoms with van der Waals surface area (Å²) in [4.78, 5) is 17.1. The number of ether oxygens (including phenoxy) is 1. The first-order valence-corrected chi connectivity index (χ1v) is 11.9. The van der Waals surface area contributed by atoms with Gasteiger partial charge in [-0.05, 0) is 54.9 Å². The number of methoxy groups -OCH3 is 1. The van der Waals surface area contributed by atoms with Gasteiger partial charge >= 0.3 is 11.8 Å². The molecule has 0 aliphatic carbocycles. The molecule has 1 N–H and O–H groups in total. The van der Waals surface area contributed by atoms with E-state index in [-0.39, 0.29) is 11.8 Å². The number of amides is 1. The van der Waals surface area contributed by atoms with Crippen molar-refractivity contribution in [2.45, 2.75) is 12.8 Å². The molecule has 1 aromatic heterocycles. The van der Waals surface area contributed by atoms with Crippen molar-refractivity contribution in [3.8, 4) is 5.75 Å². The van der Waals surface area contributed by atoms with Crippen LogP contribution in [-0.2, 0) is 6.42 Å². The number of benzene rings is 2. The molecule has 10 heteroatoms. The molecule has 0 bridgehead atoms. The molecule has 1 aliphatic heterocycles. The van der Waals surface area contributed by atoms with E-state index >= 15 is 0 Å². The molecular weight excluding hydrogens is 477 g/mol. The van der Waals surface area contributed by atoms with E-state index in [0.29, 0.717) is 28.9 Å². The minimum Gasteiger partial charge on any atom is -0.497 e. The van der Waals surface area contributed by atoms with Gasteiger partial charge < -0.3 is 19.4 Å². The van der Waals surface area contributed by atoms with Crippen LogP contribution in [0, 0.1) is 0 Å². The first-order valence-electron chi connectivity index (χ1n) is 11.2. The van der Waals surface area contributed by atoms with Crippen LogP contribution in [0.15, 0.2) is 46.9 Å². The zero-order valence-electron chi connectivity index (χ0n) is 19.0. The lowest BCUT2D eigenvalue weighted by atomic mass is 10.1. The second-order valence-corrected chi connectivity index (χ2v) is 8.89. The Hall–Kier alpha value is -2.81. The summed E-state index contributed by atoms with van der Waals surface area (Å²) in [6, 6.07) is 13.4. The van der Waals surface area contributed by atoms with Gasteiger partial charge in [-0.15, -0.1) is 10.2 Å². The smallest absolute Gasteiger partial charge is 0.308 e. The quantitative estimate of drug-likeness (QED) is 0.443. The Morgan fingerprint density at radius 3 is 2.56 bits per heavy atom. The maximum atomic E-state index is 12.3. The monoisotopic (exact) mass is 503 g/mol. The van der Waals surface area contributed by atoms with Crippen LogP contribution < -0.4 is 15.0 Å². The summed E-state index contributed by atoms with van der Waals surface area (Å²) in [5.41, 5.74) is 2.01. The minimum absolute atomic E-state index is 0.0480. The van der Waals surface area contributed by atoms with Gasteiger partial charge in [-0.2, -0.15) is 0 Å². The first-order chi connectivity index (χ1) is 16.5. The van der Waals surface area contributed by atoms with Gasteiger partial charge in [0, 0.05) is 48.5 Å². The van der Waals surface area contributed by atoms with E-state index in [9.17, 15) is 4.79 Å². The van der Waals surface area contributed by atoms with Gasteiger partial charge in [-0.1, -0.05) is 29.3 Å². The van der Waals surface area contributed by atoms with Crippen LogP contribution in [-0.4, -0.2) is 67.4 Å². The van der Waals surface area contributed by atoms with Crippen LogP contribution in [0.1, 0.15) is 28.6 Å². The van der Waals surface area contributed by atoms with Gasteiger partial charge in [-0.3, -0.25) is 9.69 Å². The van der Waals surface area contributed by atoms with Crippen molar-refractivity contribution in [3.63, 3.8) is 0 Å². The first kappa shape index (κ1) is 24.3. The van der Waals surface area contributed by atoms with Crippen LogP contribution in [0.5, 0.6) is 5.75 Å². The van der Waals surface area contributed by atoms with E-state index in [0.717, 1.165) is 50.5 Å². The van der Waals surface area contributed by atoms with Crippen molar-refractivity contribution >= 4 is 34.8 Å². The molecule has 0 saturated carbocycles. The Bertz CT molecular complexity index is 1100. The van der Waals surface area contributed by atoms with Gasteiger partial charge in [0.15, 0.2) is 0 Å². The van der Waals surface area contributed by atoms with E-state index < -0.39 is 0 Å². The molecule has 1 fully saturated rings. The van der Waals surface area contributed by atoms with E-state index in [1.54, 1.807) is 25.3 Å². The Morgan fingerprint density at radius 1 is 1.09 bits per heavy atom. The highest BCUT2D eigenvalue weighted by molar-refractivity contribution is 6.35. The van der Waals surface area contributed by atoms with Crippen LogP contribution >= 0.6 is 23.2 Å². The summed E-state index contributed by atoms with van der Waals surface area (Å²) < 4.78 is 10.7. The predicted molar refractivity (Wildman–Crippen MR) is 132 cm³/mol. The molecule has 0 atom stereocenters. The number of halogens is 2. The second-order valence-electron chi connectivity index (χ2n) is 8.05. The zero-order chi connectivity index (χ0) is 23.9. The van der Waals surface area contributed by atoms with E-state index in [1.807, 2.05) is 12.1 Å². The van der Waals surface area contributed by atoms with Crippen molar-refractivity contribution < 1.29 is 13.9 Å². The molecule has 8 nitrogen and oxygen atoms in total. The molecule has 4 rings (SSSR count). The molecular formula is C24H27Cl2N5O3. The van der Waals surface area contributed by atoms with Gasteiger partial charge in [-0.25, -0.2) is 0 Å². The fraction of sp³-hybridized carbons (Fsp3) is 0.375. The second kappa shape index (κ2) is 11.6. The third-order valence-corrected chi connectivity index (χ3v) is 6.35. The minimum atomic E-state index is -0.370. The van der Waals surface area contributed by atoms with Gasteiger partial charge in [0.25, 0.3) is 0 Å². The Morgan fingerprint density at radius 2 is 1.85 bits per heavy atom. The number of rotatable bonds is 9. The third-order valence-electron chi connectivity index (χ3n) is 5.76. The maximum Gasteiger partial charge on any atom is 0.308 e. The lowest BCUT2D eigenvalue weighted by molar-refractivity contribution is 0.0915. The number of nitrogens with zero attached hydrogens (tertiary/aromatic N) is 4. The molecule has 34 heavy (non-hydrogen) atoms. The lowest BCUT2D eigenvalue weighted by Crippen LogP contribution is -2.47. The number of hydrogen-bond acceptors (Lipinski definition) is 7. The van der Waals surface area contributed by atoms with Crippen molar-refractivity contribution in [1.29, 1.82) is 0 Å². The van der Waals surface area contributed by atoms with Crippen molar-refractivity contribution in [2.75, 3.05) is 51.3 Å². The molecule has 3 aromatic rings. The predicted octanol–water partition coefficient (Wildman–Crippen LogP) is 3.92. The van der Waals surface area contributed by atoms with E-state index in [2.05, 4.69) is 37.4 Å². The fourth-order valence-corrected chi connectivity index (χ4v) is 4.32. The van der Waals surface area contributed by atoms with Crippen LogP contribution in [0.2, 0.25) is 10.0 Å². The summed E-state index contributed by atoms with van der Waals surface area (Å²) in [5.74, 6) is 0.773. The Kier molecular flexibility index (Phi) is 8.26. The van der Waals surface area contributed by atoms with Crippen molar-refractivity contribution in [2.24, 2.45) is 0 Å². The molecule has 0 radical (unpaired) electrons. The summed E-state index contributed by atoms with van der Waals surface area (Å²) in [6.45, 7) is 5.38. The van der Waals surface area contributed by atoms with Gasteiger partial charge in [0.1, 0.15) is 5.75 Å². The number of nitrogens with one attached hydrogen (secondary N) is 1. The average molecular weight is 504 g/mol. The van der Waals surface area contributed by atoms with Crippen LogP contribution in [0.3, 0.4) is 0 Å². The number of hydrogen-bond donors (Lipinski definition) is 1. The van der Waals surface area contributed by atoms with Crippen LogP contribution in [0.4, 0.5) is 5.69 Å². The number of piperazine rings is 1. The third kappa shape index (κ3) is 6.40. The molecule has 2 heterocycles. The zero-order valence-corrected chi connectivity index (χ0v) is 20.5. The normalized spacial score (nSPS) is 14.3. The summed E-state index contributed by atoms with van der Waals surface area (Å²) in [7, 11) is 1.68. The highest BCUT2D eigenvalue weighted by Gasteiger charge is 2.18. The molecule has 1 saturated heterocycles. The van der Waals surface area contributed by atoms with Crippen LogP contribution in [0.25, 0.3) is 0 Å². The maximum absolute atomic E-state index is 12.3. The van der Waals surface area contributed by atoms with E-state index in [1.165, 1.54) is 5.69 Å². The van der Waals surface area contributed by atoms with E-state index in [4.69, 9.17) is 32.4 Å². The number of carbonyl (C=O) groups is 1. The molecule has 180 valence electrons. The summed E-state index contributed by atoms with van der Waals surface area (Å²) in [6.07, 6.45) is 1.18. The molecule has 1 amide bonds. The SMILES string of the molecule is COc1ccc(N2CCN(CCCNC(=O)c3nnc(Cc4ccc(Cl)cc4Cl)o3)CC2)cc1. The molecule has 0 spiro atoms. The fourth-order valence-electron chi connectivity index (χ4n) is 3.85. The average Bonchev–Trinajstić information content (AvgIpc) is 3.33. The van der Waals surface area contributed by atoms with Crippen molar-refractivity contribution in [1.82, 2.24) is 20.4 Å². The summed E-state index contributed by atoms with van der Waals surface area (Å²) in [5, 5.41) is 11.7. The molecule has 2 aromatic carbocycles. The lowest BCUT2D eigenvalue weighted by Gasteiger charge is -2.36. The summed E-state index contributed by atoms with van der Waals surface area (Å²) >= 11 is 12.1. The standard InChI is InChI=1S/C24H27Cl2N5O3/c1-33-20-7-5-19(6-8-20)31-13-11-30(12-14-31)10-2-9-27-23(32)24-29-28-22(34-24)15-17-3-4-18(25)16-21(17)26/h3-8,16H,2,9-15H2,1H3,(H,27,32). The Balaban J connectivity index is 1.16. The number of carbonyl (C=O) groups excluding carboxylic acids is 1. The van der Waals surface area contributed by atoms with Crippen molar-refractivity contribution in [3.05, 3.63) is 69.9 Å². The largest absolute Gasteiger partial charge is 0.497 e. The Labute approximate surface area is 208 Å². The highest BCUT2D eigenvalue weighted by atomic mass is 35.5.